The summed E-state index contributed by atoms with van der Waals surface area (Å²) in [6.45, 7) is 8.55. The zero-order chi connectivity index (χ0) is 13.3. The zero-order valence-corrected chi connectivity index (χ0v) is 12.1. The van der Waals surface area contributed by atoms with Crippen LogP contribution in [0.15, 0.2) is 30.3 Å². The Kier molecular flexibility index (Phi) is 3.35. The summed E-state index contributed by atoms with van der Waals surface area (Å²) in [6, 6.07) is 10.2. The molecule has 0 aliphatic carbocycles. The Labute approximate surface area is 113 Å². The van der Waals surface area contributed by atoms with E-state index in [1.807, 2.05) is 6.07 Å². The second-order valence-electron chi connectivity index (χ2n) is 5.60. The minimum atomic E-state index is 0.0376. The minimum absolute atomic E-state index is 0.0376. The van der Waals surface area contributed by atoms with Gasteiger partial charge in [-0.2, -0.15) is 0 Å². The number of benzene rings is 1. The predicted molar refractivity (Wildman–Crippen MR) is 78.3 cm³/mol. The molecule has 0 atom stereocenters. The fraction of sp³-hybridized carbons (Fsp3) is 0.333. The molecule has 0 aliphatic heterocycles. The molecule has 0 fully saturated rings. The van der Waals surface area contributed by atoms with E-state index in [-0.39, 0.29) is 5.41 Å². The molecule has 0 unspecified atom stereocenters. The summed E-state index contributed by atoms with van der Waals surface area (Å²) in [4.78, 5) is 7.79. The van der Waals surface area contributed by atoms with Crippen LogP contribution in [0.3, 0.4) is 0 Å². The van der Waals surface area contributed by atoms with Crippen LogP contribution in [-0.4, -0.2) is 9.97 Å². The van der Waals surface area contributed by atoms with Gasteiger partial charge in [-0.25, -0.2) is 4.98 Å². The van der Waals surface area contributed by atoms with Crippen LogP contribution in [0.5, 0.6) is 0 Å². The molecule has 2 rings (SSSR count). The molecule has 3 heteroatoms. The molecule has 0 amide bonds. The van der Waals surface area contributed by atoms with E-state index in [1.165, 1.54) is 5.56 Å². The first-order valence-electron chi connectivity index (χ1n) is 6.05. The van der Waals surface area contributed by atoms with Gasteiger partial charge in [0, 0.05) is 16.7 Å². The molecule has 18 heavy (non-hydrogen) atoms. The van der Waals surface area contributed by atoms with Crippen LogP contribution in [0.1, 0.15) is 32.0 Å². The van der Waals surface area contributed by atoms with Crippen molar-refractivity contribution in [1.29, 1.82) is 0 Å². The van der Waals surface area contributed by atoms with Gasteiger partial charge in [-0.3, -0.25) is 0 Å². The maximum Gasteiger partial charge on any atom is 0.139 e. The summed E-state index contributed by atoms with van der Waals surface area (Å²) >= 11 is 5.25. The molecular formula is C15H18N2S. The van der Waals surface area contributed by atoms with E-state index in [4.69, 9.17) is 12.2 Å². The first-order valence-corrected chi connectivity index (χ1v) is 6.46. The largest absolute Gasteiger partial charge is 0.343 e. The normalized spacial score (nSPS) is 11.6. The Bertz CT molecular complexity index is 604. The fourth-order valence-corrected chi connectivity index (χ4v) is 1.92. The van der Waals surface area contributed by atoms with Crippen LogP contribution in [0, 0.1) is 11.6 Å². The molecular weight excluding hydrogens is 240 g/mol. The van der Waals surface area contributed by atoms with Crippen molar-refractivity contribution in [2.24, 2.45) is 0 Å². The van der Waals surface area contributed by atoms with Crippen molar-refractivity contribution in [2.45, 2.75) is 33.1 Å². The lowest BCUT2D eigenvalue weighted by Crippen LogP contribution is -2.14. The quantitative estimate of drug-likeness (QED) is 0.767. The molecule has 0 bridgehead atoms. The molecule has 0 radical (unpaired) electrons. The second-order valence-corrected chi connectivity index (χ2v) is 6.02. The van der Waals surface area contributed by atoms with Gasteiger partial charge in [-0.1, -0.05) is 62.8 Å². The number of nitrogens with one attached hydrogen (secondary N) is 1. The first kappa shape index (κ1) is 13.0. The molecule has 0 spiro atoms. The summed E-state index contributed by atoms with van der Waals surface area (Å²) in [5, 5.41) is 0. The van der Waals surface area contributed by atoms with Crippen molar-refractivity contribution >= 4 is 12.2 Å². The third-order valence-corrected chi connectivity index (χ3v) is 3.09. The molecule has 2 aromatic rings. The van der Waals surface area contributed by atoms with E-state index in [0.717, 1.165) is 17.1 Å². The monoisotopic (exact) mass is 258 g/mol. The summed E-state index contributed by atoms with van der Waals surface area (Å²) in [7, 11) is 0. The van der Waals surface area contributed by atoms with Crippen LogP contribution < -0.4 is 0 Å². The first-order chi connectivity index (χ1) is 8.36. The smallest absolute Gasteiger partial charge is 0.139 e. The Morgan fingerprint density at radius 2 is 1.72 bits per heavy atom. The molecule has 1 N–H and O–H groups in total. The maximum atomic E-state index is 5.25. The summed E-state index contributed by atoms with van der Waals surface area (Å²) in [5.74, 6) is 0.840. The summed E-state index contributed by atoms with van der Waals surface area (Å²) < 4.78 is 0.634. The fourth-order valence-electron chi connectivity index (χ4n) is 1.71. The van der Waals surface area contributed by atoms with E-state index in [1.54, 1.807) is 0 Å². The average Bonchev–Trinajstić information content (AvgIpc) is 2.28. The number of nitrogens with zero attached hydrogens (tertiary/aromatic N) is 1. The topological polar surface area (TPSA) is 28.7 Å². The SMILES string of the molecule is Cc1ccc(-c2nc(=S)cc(C(C)(C)C)[nH]2)cc1. The number of H-pyrrole nitrogens is 1. The molecule has 1 aromatic carbocycles. The average molecular weight is 258 g/mol. The minimum Gasteiger partial charge on any atom is -0.343 e. The van der Waals surface area contributed by atoms with E-state index in [2.05, 4.69) is 61.9 Å². The highest BCUT2D eigenvalue weighted by Gasteiger charge is 2.15. The van der Waals surface area contributed by atoms with Crippen LogP contribution in [0.2, 0.25) is 0 Å². The van der Waals surface area contributed by atoms with Gasteiger partial charge in [0.25, 0.3) is 0 Å². The predicted octanol–water partition coefficient (Wildman–Crippen LogP) is 4.41. The lowest BCUT2D eigenvalue weighted by molar-refractivity contribution is 0.567. The van der Waals surface area contributed by atoms with Crippen LogP contribution in [-0.2, 0) is 5.41 Å². The maximum absolute atomic E-state index is 5.25. The van der Waals surface area contributed by atoms with Gasteiger partial charge in [0.2, 0.25) is 0 Å². The van der Waals surface area contributed by atoms with Gasteiger partial charge in [-0.05, 0) is 13.0 Å². The molecule has 0 saturated heterocycles. The van der Waals surface area contributed by atoms with E-state index in [9.17, 15) is 0 Å². The summed E-state index contributed by atoms with van der Waals surface area (Å²) in [5.41, 5.74) is 3.45. The highest BCUT2D eigenvalue weighted by Crippen LogP contribution is 2.23. The standard InChI is InChI=1S/C15H18N2S/c1-10-5-7-11(8-6-10)14-16-12(15(2,3)4)9-13(18)17-14/h5-9H,1-4H3,(H,16,17,18). The third-order valence-electron chi connectivity index (χ3n) is 2.88. The van der Waals surface area contributed by atoms with Crippen molar-refractivity contribution < 1.29 is 0 Å². The third kappa shape index (κ3) is 2.85. The van der Waals surface area contributed by atoms with Crippen molar-refractivity contribution in [3.8, 4) is 11.4 Å². The van der Waals surface area contributed by atoms with Crippen molar-refractivity contribution in [3.63, 3.8) is 0 Å². The van der Waals surface area contributed by atoms with Crippen LogP contribution in [0.25, 0.3) is 11.4 Å². The van der Waals surface area contributed by atoms with E-state index < -0.39 is 0 Å². The number of aromatic nitrogens is 2. The second kappa shape index (κ2) is 4.65. The van der Waals surface area contributed by atoms with Gasteiger partial charge in [-0.15, -0.1) is 0 Å². The molecule has 2 nitrogen and oxygen atoms in total. The van der Waals surface area contributed by atoms with Crippen molar-refractivity contribution in [3.05, 3.63) is 46.2 Å². The zero-order valence-electron chi connectivity index (χ0n) is 11.2. The number of aryl methyl sites for hydroxylation is 1. The number of hydrogen-bond acceptors (Lipinski definition) is 2. The molecule has 1 heterocycles. The molecule has 0 saturated carbocycles. The van der Waals surface area contributed by atoms with E-state index >= 15 is 0 Å². The lowest BCUT2D eigenvalue weighted by Gasteiger charge is -2.19. The van der Waals surface area contributed by atoms with Gasteiger partial charge in [0.15, 0.2) is 0 Å². The van der Waals surface area contributed by atoms with Crippen LogP contribution >= 0.6 is 12.2 Å². The Balaban J connectivity index is 2.55. The van der Waals surface area contributed by atoms with Gasteiger partial charge in [0.05, 0.1) is 0 Å². The Morgan fingerprint density at radius 1 is 1.11 bits per heavy atom. The van der Waals surface area contributed by atoms with E-state index in [0.29, 0.717) is 4.64 Å². The lowest BCUT2D eigenvalue weighted by atomic mass is 9.92. The summed E-state index contributed by atoms with van der Waals surface area (Å²) in [6.07, 6.45) is 0. The van der Waals surface area contributed by atoms with Crippen molar-refractivity contribution in [2.75, 3.05) is 0 Å². The highest BCUT2D eigenvalue weighted by atomic mass is 32.1. The van der Waals surface area contributed by atoms with Crippen molar-refractivity contribution in [1.82, 2.24) is 9.97 Å². The molecule has 1 aromatic heterocycles. The van der Waals surface area contributed by atoms with Gasteiger partial charge in [0.1, 0.15) is 10.5 Å². The Hall–Kier alpha value is -1.48. The molecule has 94 valence electrons. The Morgan fingerprint density at radius 3 is 2.28 bits per heavy atom. The van der Waals surface area contributed by atoms with Crippen LogP contribution in [0.4, 0.5) is 0 Å². The number of hydrogen-bond donors (Lipinski definition) is 1. The number of aromatic amines is 1. The number of rotatable bonds is 1. The van der Waals surface area contributed by atoms with Gasteiger partial charge < -0.3 is 4.98 Å². The molecule has 0 aliphatic rings. The van der Waals surface area contributed by atoms with Gasteiger partial charge >= 0.3 is 0 Å². The highest BCUT2D eigenvalue weighted by molar-refractivity contribution is 7.71.